The number of nitrogens with zero attached hydrogens (tertiary/aromatic N) is 2. The molecule has 104 valence electrons. The van der Waals surface area contributed by atoms with Crippen LogP contribution in [0.25, 0.3) is 0 Å². The molecule has 3 rings (SSSR count). The standard InChI is InChI=1S/C15H16N2O2S/c1-10-6-13(12-4-5-20-9-12)8-17(10)14-3-2-11(7-16-14)15(18)19/h2-5,7,9-10,13H,6,8H2,1H3,(H,18,19). The molecule has 1 fully saturated rings. The van der Waals surface area contributed by atoms with Gasteiger partial charge in [-0.25, -0.2) is 9.78 Å². The van der Waals surface area contributed by atoms with Crippen LogP contribution >= 0.6 is 11.3 Å². The summed E-state index contributed by atoms with van der Waals surface area (Å²) < 4.78 is 0. The molecule has 0 aliphatic carbocycles. The third-order valence-corrected chi connectivity index (χ3v) is 4.58. The zero-order valence-electron chi connectivity index (χ0n) is 11.2. The van der Waals surface area contributed by atoms with Crippen LogP contribution in [0.4, 0.5) is 5.82 Å². The monoisotopic (exact) mass is 288 g/mol. The number of thiophene rings is 1. The highest BCUT2D eigenvalue weighted by molar-refractivity contribution is 7.07. The van der Waals surface area contributed by atoms with Crippen LogP contribution < -0.4 is 4.90 Å². The highest BCUT2D eigenvalue weighted by Gasteiger charge is 2.31. The summed E-state index contributed by atoms with van der Waals surface area (Å²) in [4.78, 5) is 17.4. The fourth-order valence-corrected chi connectivity index (χ4v) is 3.52. The fraction of sp³-hybridized carbons (Fsp3) is 0.333. The Hall–Kier alpha value is -1.88. The molecule has 5 heteroatoms. The number of pyridine rings is 1. The van der Waals surface area contributed by atoms with Gasteiger partial charge in [-0.1, -0.05) is 0 Å². The normalized spacial score (nSPS) is 22.1. The first-order chi connectivity index (χ1) is 9.65. The number of aromatic nitrogens is 1. The first kappa shape index (κ1) is 13.1. The van der Waals surface area contributed by atoms with E-state index < -0.39 is 5.97 Å². The molecule has 3 heterocycles. The molecule has 20 heavy (non-hydrogen) atoms. The third-order valence-electron chi connectivity index (χ3n) is 3.88. The van der Waals surface area contributed by atoms with Crippen molar-refractivity contribution >= 4 is 23.1 Å². The summed E-state index contributed by atoms with van der Waals surface area (Å²) >= 11 is 1.73. The van der Waals surface area contributed by atoms with Gasteiger partial charge in [-0.05, 0) is 47.9 Å². The van der Waals surface area contributed by atoms with Crippen molar-refractivity contribution in [2.75, 3.05) is 11.4 Å². The van der Waals surface area contributed by atoms with E-state index in [0.29, 0.717) is 12.0 Å². The lowest BCUT2D eigenvalue weighted by Crippen LogP contribution is -2.27. The van der Waals surface area contributed by atoms with Gasteiger partial charge in [0.05, 0.1) is 5.56 Å². The Balaban J connectivity index is 1.78. The maximum absolute atomic E-state index is 10.9. The summed E-state index contributed by atoms with van der Waals surface area (Å²) in [6.07, 6.45) is 2.54. The number of carbonyl (C=O) groups is 1. The van der Waals surface area contributed by atoms with E-state index in [1.807, 2.05) is 0 Å². The molecule has 2 aromatic heterocycles. The number of rotatable bonds is 3. The number of anilines is 1. The summed E-state index contributed by atoms with van der Waals surface area (Å²) in [5.74, 6) is 0.465. The topological polar surface area (TPSA) is 53.4 Å². The van der Waals surface area contributed by atoms with E-state index in [4.69, 9.17) is 5.11 Å². The quantitative estimate of drug-likeness (QED) is 0.942. The minimum atomic E-state index is -0.935. The van der Waals surface area contributed by atoms with Gasteiger partial charge in [0.1, 0.15) is 5.82 Å². The largest absolute Gasteiger partial charge is 0.478 e. The van der Waals surface area contributed by atoms with Gasteiger partial charge in [-0.3, -0.25) is 0 Å². The summed E-state index contributed by atoms with van der Waals surface area (Å²) in [5, 5.41) is 13.2. The molecule has 0 bridgehead atoms. The minimum Gasteiger partial charge on any atom is -0.478 e. The summed E-state index contributed by atoms with van der Waals surface area (Å²) in [6.45, 7) is 3.14. The Labute approximate surface area is 121 Å². The van der Waals surface area contributed by atoms with Gasteiger partial charge in [-0.15, -0.1) is 0 Å². The Bertz CT molecular complexity index is 595. The molecule has 0 aromatic carbocycles. The molecule has 4 nitrogen and oxygen atoms in total. The van der Waals surface area contributed by atoms with Crippen LogP contribution in [0.3, 0.4) is 0 Å². The van der Waals surface area contributed by atoms with Gasteiger partial charge in [0.15, 0.2) is 0 Å². The van der Waals surface area contributed by atoms with Gasteiger partial charge in [0.25, 0.3) is 0 Å². The molecule has 0 saturated carbocycles. The number of carboxylic acid groups (broad SMARTS) is 1. The van der Waals surface area contributed by atoms with Crippen LogP contribution in [0.2, 0.25) is 0 Å². The molecule has 0 amide bonds. The molecule has 2 unspecified atom stereocenters. The van der Waals surface area contributed by atoms with Gasteiger partial charge in [0.2, 0.25) is 0 Å². The van der Waals surface area contributed by atoms with Crippen molar-refractivity contribution in [1.82, 2.24) is 4.98 Å². The van der Waals surface area contributed by atoms with E-state index in [0.717, 1.165) is 18.8 Å². The van der Waals surface area contributed by atoms with E-state index in [9.17, 15) is 4.79 Å². The summed E-state index contributed by atoms with van der Waals surface area (Å²) in [5.41, 5.74) is 1.63. The van der Waals surface area contributed by atoms with Crippen LogP contribution in [-0.4, -0.2) is 28.6 Å². The van der Waals surface area contributed by atoms with Crippen molar-refractivity contribution in [1.29, 1.82) is 0 Å². The van der Waals surface area contributed by atoms with Crippen molar-refractivity contribution in [3.63, 3.8) is 0 Å². The van der Waals surface area contributed by atoms with E-state index >= 15 is 0 Å². The Morgan fingerprint density at radius 2 is 2.30 bits per heavy atom. The van der Waals surface area contributed by atoms with E-state index in [2.05, 4.69) is 33.6 Å². The summed E-state index contributed by atoms with van der Waals surface area (Å²) in [6, 6.07) is 6.03. The first-order valence-corrected chi connectivity index (χ1v) is 7.57. The molecule has 0 radical (unpaired) electrons. The van der Waals surface area contributed by atoms with E-state index in [1.54, 1.807) is 23.5 Å². The molecule has 1 N–H and O–H groups in total. The second-order valence-corrected chi connectivity index (χ2v) is 5.98. The maximum atomic E-state index is 10.9. The Morgan fingerprint density at radius 3 is 2.90 bits per heavy atom. The molecule has 2 atom stereocenters. The Kier molecular flexibility index (Phi) is 3.44. The molecule has 2 aromatic rings. The third kappa shape index (κ3) is 2.41. The number of hydrogen-bond donors (Lipinski definition) is 1. The van der Waals surface area contributed by atoms with Crippen LogP contribution in [0.15, 0.2) is 35.2 Å². The van der Waals surface area contributed by atoms with Gasteiger partial charge in [0, 0.05) is 24.7 Å². The van der Waals surface area contributed by atoms with Crippen LogP contribution in [0.1, 0.15) is 35.2 Å². The number of carboxylic acids is 1. The number of aromatic carboxylic acids is 1. The zero-order valence-corrected chi connectivity index (χ0v) is 12.0. The van der Waals surface area contributed by atoms with Crippen molar-refractivity contribution in [2.45, 2.75) is 25.3 Å². The van der Waals surface area contributed by atoms with E-state index in [1.165, 1.54) is 11.8 Å². The SMILES string of the molecule is CC1CC(c2ccsc2)CN1c1ccc(C(=O)O)cn1. The highest BCUT2D eigenvalue weighted by Crippen LogP contribution is 2.34. The fourth-order valence-electron chi connectivity index (χ4n) is 2.78. The van der Waals surface area contributed by atoms with Crippen molar-refractivity contribution in [3.8, 4) is 0 Å². The van der Waals surface area contributed by atoms with Gasteiger partial charge >= 0.3 is 5.97 Å². The lowest BCUT2D eigenvalue weighted by Gasteiger charge is -2.22. The molecule has 1 aliphatic heterocycles. The molecular formula is C15H16N2O2S. The van der Waals surface area contributed by atoms with E-state index in [-0.39, 0.29) is 5.56 Å². The lowest BCUT2D eigenvalue weighted by molar-refractivity contribution is 0.0696. The smallest absolute Gasteiger partial charge is 0.337 e. The van der Waals surface area contributed by atoms with Crippen molar-refractivity contribution < 1.29 is 9.90 Å². The second-order valence-electron chi connectivity index (χ2n) is 5.20. The second kappa shape index (κ2) is 5.25. The number of hydrogen-bond acceptors (Lipinski definition) is 4. The molecular weight excluding hydrogens is 272 g/mol. The zero-order chi connectivity index (χ0) is 14.1. The molecule has 1 aliphatic rings. The van der Waals surface area contributed by atoms with Crippen LogP contribution in [0, 0.1) is 0 Å². The maximum Gasteiger partial charge on any atom is 0.337 e. The average molecular weight is 288 g/mol. The predicted molar refractivity (Wildman–Crippen MR) is 79.7 cm³/mol. The van der Waals surface area contributed by atoms with Crippen LogP contribution in [0.5, 0.6) is 0 Å². The summed E-state index contributed by atoms with van der Waals surface area (Å²) in [7, 11) is 0. The first-order valence-electron chi connectivity index (χ1n) is 6.63. The van der Waals surface area contributed by atoms with Crippen molar-refractivity contribution in [3.05, 3.63) is 46.3 Å². The average Bonchev–Trinajstić information content (AvgIpc) is 3.08. The van der Waals surface area contributed by atoms with Crippen molar-refractivity contribution in [2.24, 2.45) is 0 Å². The molecule has 0 spiro atoms. The van der Waals surface area contributed by atoms with Crippen LogP contribution in [-0.2, 0) is 0 Å². The minimum absolute atomic E-state index is 0.231. The Morgan fingerprint density at radius 1 is 1.45 bits per heavy atom. The molecule has 1 saturated heterocycles. The lowest BCUT2D eigenvalue weighted by atomic mass is 10.00. The predicted octanol–water partition coefficient (Wildman–Crippen LogP) is 3.22. The van der Waals surface area contributed by atoms with Gasteiger partial charge in [-0.2, -0.15) is 11.3 Å². The van der Waals surface area contributed by atoms with Gasteiger partial charge < -0.3 is 10.0 Å². The highest BCUT2D eigenvalue weighted by atomic mass is 32.1.